The first kappa shape index (κ1) is 17.1. The molecule has 7 nitrogen and oxygen atoms in total. The van der Waals surface area contributed by atoms with Crippen molar-refractivity contribution in [3.05, 3.63) is 64.2 Å². The van der Waals surface area contributed by atoms with Crippen LogP contribution in [0.25, 0.3) is 0 Å². The molecule has 1 N–H and O–H groups in total. The molecule has 2 aromatic carbocycles. The maximum absolute atomic E-state index is 12.1. The van der Waals surface area contributed by atoms with Crippen molar-refractivity contribution in [1.82, 2.24) is 0 Å². The molecule has 2 rings (SSSR count). The molecule has 1 atom stereocenters. The molecular formula is C17H16N2O5. The lowest BCUT2D eigenvalue weighted by Crippen LogP contribution is -2.30. The van der Waals surface area contributed by atoms with E-state index < -0.39 is 16.9 Å². The SMILES string of the molecule is CC(=O)c1cccc(NC(=O)C(C)Oc2ccc([N+](=O)[O-])cc2)c1. The predicted molar refractivity (Wildman–Crippen MR) is 88.3 cm³/mol. The van der Waals surface area contributed by atoms with Crippen LogP contribution in [0.1, 0.15) is 24.2 Å². The van der Waals surface area contributed by atoms with E-state index in [0.29, 0.717) is 17.0 Å². The van der Waals surface area contributed by atoms with E-state index in [4.69, 9.17) is 4.74 Å². The molecule has 124 valence electrons. The lowest BCUT2D eigenvalue weighted by molar-refractivity contribution is -0.384. The van der Waals surface area contributed by atoms with E-state index in [1.165, 1.54) is 31.2 Å². The van der Waals surface area contributed by atoms with Crippen LogP contribution in [0.15, 0.2) is 48.5 Å². The molecule has 0 aromatic heterocycles. The second-order valence-corrected chi connectivity index (χ2v) is 5.14. The smallest absolute Gasteiger partial charge is 0.269 e. The van der Waals surface area contributed by atoms with Gasteiger partial charge in [-0.05, 0) is 38.1 Å². The van der Waals surface area contributed by atoms with Gasteiger partial charge in [0.15, 0.2) is 11.9 Å². The minimum atomic E-state index is -0.813. The number of rotatable bonds is 6. The molecule has 1 unspecified atom stereocenters. The zero-order valence-corrected chi connectivity index (χ0v) is 13.2. The summed E-state index contributed by atoms with van der Waals surface area (Å²) in [5.74, 6) is -0.143. The number of Topliss-reactive ketones (excluding diaryl/α,β-unsaturated/α-hetero) is 1. The van der Waals surface area contributed by atoms with Gasteiger partial charge in [0.25, 0.3) is 11.6 Å². The monoisotopic (exact) mass is 328 g/mol. The van der Waals surface area contributed by atoms with Gasteiger partial charge in [-0.1, -0.05) is 12.1 Å². The topological polar surface area (TPSA) is 98.5 Å². The van der Waals surface area contributed by atoms with Gasteiger partial charge in [0.05, 0.1) is 4.92 Å². The van der Waals surface area contributed by atoms with Crippen LogP contribution < -0.4 is 10.1 Å². The highest BCUT2D eigenvalue weighted by atomic mass is 16.6. The van der Waals surface area contributed by atoms with E-state index in [2.05, 4.69) is 5.32 Å². The standard InChI is InChI=1S/C17H16N2O5/c1-11(20)13-4-3-5-14(10-13)18-17(21)12(2)24-16-8-6-15(7-9-16)19(22)23/h3-10,12H,1-2H3,(H,18,21). The van der Waals surface area contributed by atoms with Crippen molar-refractivity contribution in [1.29, 1.82) is 0 Å². The molecule has 0 heterocycles. The molecule has 2 aromatic rings. The van der Waals surface area contributed by atoms with Gasteiger partial charge >= 0.3 is 0 Å². The number of hydrogen-bond donors (Lipinski definition) is 1. The summed E-state index contributed by atoms with van der Waals surface area (Å²) in [5.41, 5.74) is 0.934. The average molecular weight is 328 g/mol. The fraction of sp³-hybridized carbons (Fsp3) is 0.176. The van der Waals surface area contributed by atoms with Gasteiger partial charge in [0.2, 0.25) is 0 Å². The van der Waals surface area contributed by atoms with E-state index in [-0.39, 0.29) is 11.5 Å². The minimum absolute atomic E-state index is 0.0551. The molecule has 0 aliphatic heterocycles. The van der Waals surface area contributed by atoms with Crippen molar-refractivity contribution in [2.75, 3.05) is 5.32 Å². The highest BCUT2D eigenvalue weighted by molar-refractivity contribution is 5.98. The third-order valence-electron chi connectivity index (χ3n) is 3.27. The fourth-order valence-corrected chi connectivity index (χ4v) is 1.96. The number of ketones is 1. The number of benzene rings is 2. The van der Waals surface area contributed by atoms with E-state index in [9.17, 15) is 19.7 Å². The van der Waals surface area contributed by atoms with Gasteiger partial charge in [0, 0.05) is 23.4 Å². The maximum Gasteiger partial charge on any atom is 0.269 e. The lowest BCUT2D eigenvalue weighted by atomic mass is 10.1. The highest BCUT2D eigenvalue weighted by Crippen LogP contribution is 2.19. The second kappa shape index (κ2) is 7.36. The molecule has 0 bridgehead atoms. The van der Waals surface area contributed by atoms with E-state index in [0.717, 1.165) is 0 Å². The summed E-state index contributed by atoms with van der Waals surface area (Å²) in [5, 5.41) is 13.3. The summed E-state index contributed by atoms with van der Waals surface area (Å²) in [4.78, 5) is 33.6. The molecule has 0 spiro atoms. The van der Waals surface area contributed by atoms with Gasteiger partial charge in [-0.2, -0.15) is 0 Å². The van der Waals surface area contributed by atoms with E-state index in [1.54, 1.807) is 31.2 Å². The number of nitrogens with one attached hydrogen (secondary N) is 1. The number of non-ortho nitro benzene ring substituents is 1. The van der Waals surface area contributed by atoms with Crippen LogP contribution in [0.4, 0.5) is 11.4 Å². The van der Waals surface area contributed by atoms with Gasteiger partial charge in [0.1, 0.15) is 5.75 Å². The Balaban J connectivity index is 2.00. The van der Waals surface area contributed by atoms with Crippen molar-refractivity contribution in [2.24, 2.45) is 0 Å². The van der Waals surface area contributed by atoms with E-state index in [1.807, 2.05) is 0 Å². The van der Waals surface area contributed by atoms with Crippen molar-refractivity contribution in [2.45, 2.75) is 20.0 Å². The molecule has 0 fully saturated rings. The summed E-state index contributed by atoms with van der Waals surface area (Å²) >= 11 is 0. The average Bonchev–Trinajstić information content (AvgIpc) is 2.55. The molecule has 1 amide bonds. The van der Waals surface area contributed by atoms with Gasteiger partial charge in [-0.3, -0.25) is 19.7 Å². The molecule has 0 aliphatic rings. The number of anilines is 1. The number of amides is 1. The molecule has 24 heavy (non-hydrogen) atoms. The third-order valence-corrected chi connectivity index (χ3v) is 3.27. The van der Waals surface area contributed by atoms with Gasteiger partial charge in [-0.15, -0.1) is 0 Å². The number of carbonyl (C=O) groups excluding carboxylic acids is 2. The summed E-state index contributed by atoms with van der Waals surface area (Å²) in [7, 11) is 0. The summed E-state index contributed by atoms with van der Waals surface area (Å²) in [6.45, 7) is 3.01. The Morgan fingerprint density at radius 3 is 2.42 bits per heavy atom. The highest BCUT2D eigenvalue weighted by Gasteiger charge is 2.16. The zero-order valence-electron chi connectivity index (χ0n) is 13.2. The van der Waals surface area contributed by atoms with Gasteiger partial charge in [-0.25, -0.2) is 0 Å². The number of ether oxygens (including phenoxy) is 1. The summed E-state index contributed by atoms with van der Waals surface area (Å²) in [6, 6.07) is 12.0. The number of nitro benzene ring substituents is 1. The third kappa shape index (κ3) is 4.39. The van der Waals surface area contributed by atoms with Crippen LogP contribution in [0.2, 0.25) is 0 Å². The minimum Gasteiger partial charge on any atom is -0.481 e. The van der Waals surface area contributed by atoms with Crippen LogP contribution in [0.3, 0.4) is 0 Å². The van der Waals surface area contributed by atoms with Crippen LogP contribution in [-0.4, -0.2) is 22.7 Å². The van der Waals surface area contributed by atoms with Crippen LogP contribution in [0.5, 0.6) is 5.75 Å². The predicted octanol–water partition coefficient (Wildman–Crippen LogP) is 3.20. The Bertz CT molecular complexity index is 771. The lowest BCUT2D eigenvalue weighted by Gasteiger charge is -2.15. The molecule has 0 saturated carbocycles. The molecular weight excluding hydrogens is 312 g/mol. The van der Waals surface area contributed by atoms with Crippen molar-refractivity contribution >= 4 is 23.1 Å². The Morgan fingerprint density at radius 2 is 1.83 bits per heavy atom. The first-order valence-corrected chi connectivity index (χ1v) is 7.20. The van der Waals surface area contributed by atoms with Crippen LogP contribution >= 0.6 is 0 Å². The van der Waals surface area contributed by atoms with Crippen molar-refractivity contribution in [3.63, 3.8) is 0 Å². The summed E-state index contributed by atoms with van der Waals surface area (Å²) < 4.78 is 5.46. The second-order valence-electron chi connectivity index (χ2n) is 5.14. The van der Waals surface area contributed by atoms with Crippen molar-refractivity contribution < 1.29 is 19.2 Å². The van der Waals surface area contributed by atoms with Gasteiger partial charge < -0.3 is 10.1 Å². The van der Waals surface area contributed by atoms with E-state index >= 15 is 0 Å². The Labute approximate surface area is 138 Å². The molecule has 0 radical (unpaired) electrons. The maximum atomic E-state index is 12.1. The normalized spacial score (nSPS) is 11.4. The number of nitrogens with zero attached hydrogens (tertiary/aromatic N) is 1. The Kier molecular flexibility index (Phi) is 5.26. The van der Waals surface area contributed by atoms with Crippen LogP contribution in [-0.2, 0) is 4.79 Å². The number of nitro groups is 1. The molecule has 0 aliphatic carbocycles. The first-order valence-electron chi connectivity index (χ1n) is 7.20. The fourth-order valence-electron chi connectivity index (χ4n) is 1.96. The zero-order chi connectivity index (χ0) is 17.7. The Morgan fingerprint density at radius 1 is 1.17 bits per heavy atom. The molecule has 7 heteroatoms. The van der Waals surface area contributed by atoms with Crippen molar-refractivity contribution in [3.8, 4) is 5.75 Å². The summed E-state index contributed by atoms with van der Waals surface area (Å²) in [6.07, 6.45) is -0.813. The number of carbonyl (C=O) groups is 2. The quantitative estimate of drug-likeness (QED) is 0.499. The first-order chi connectivity index (χ1) is 11.4. The number of hydrogen-bond acceptors (Lipinski definition) is 5. The largest absolute Gasteiger partial charge is 0.481 e. The Hall–Kier alpha value is -3.22. The molecule has 0 saturated heterocycles. The van der Waals surface area contributed by atoms with Crippen LogP contribution in [0, 0.1) is 10.1 Å².